The van der Waals surface area contributed by atoms with Gasteiger partial charge in [-0.1, -0.05) is 66.3 Å². The molecule has 1 aliphatic heterocycles. The summed E-state index contributed by atoms with van der Waals surface area (Å²) in [5.74, 6) is -0.242. The molecule has 0 saturated carbocycles. The summed E-state index contributed by atoms with van der Waals surface area (Å²) >= 11 is 5.78. The van der Waals surface area contributed by atoms with Gasteiger partial charge in [-0.3, -0.25) is 9.69 Å². The highest BCUT2D eigenvalue weighted by Crippen LogP contribution is 2.21. The van der Waals surface area contributed by atoms with Gasteiger partial charge in [-0.25, -0.2) is 0 Å². The number of carbonyl (C=O) groups is 1. The first kappa shape index (κ1) is 21.6. The van der Waals surface area contributed by atoms with Crippen molar-refractivity contribution in [3.8, 4) is 0 Å². The van der Waals surface area contributed by atoms with Crippen molar-refractivity contribution < 1.29 is 9.90 Å². The van der Waals surface area contributed by atoms with E-state index in [4.69, 9.17) is 17.3 Å². The van der Waals surface area contributed by atoms with E-state index in [-0.39, 0.29) is 5.78 Å². The number of hydrogen-bond acceptors (Lipinski definition) is 4. The van der Waals surface area contributed by atoms with Gasteiger partial charge in [0.15, 0.2) is 5.78 Å². The molecule has 5 heteroatoms. The number of ketones is 1. The van der Waals surface area contributed by atoms with E-state index in [1.54, 1.807) is 12.1 Å². The van der Waals surface area contributed by atoms with E-state index >= 15 is 0 Å². The van der Waals surface area contributed by atoms with E-state index < -0.39 is 6.61 Å². The smallest absolute Gasteiger partial charge is 0.188 e. The number of rotatable bonds is 6. The molecule has 1 heterocycles. The number of hydrogen-bond donors (Lipinski definition) is 1. The lowest BCUT2D eigenvalue weighted by Crippen LogP contribution is -2.57. The van der Waals surface area contributed by atoms with Crippen LogP contribution in [0, 0.1) is 6.92 Å². The van der Waals surface area contributed by atoms with Gasteiger partial charge < -0.3 is 10.0 Å². The SMILES string of the molecule is Cc1cccc(CC(=S)N2C[C@@H](C)N(Cc3ccc(C(=O)CO)cc3)[C@@H](C)C2)c1. The van der Waals surface area contributed by atoms with Gasteiger partial charge in [0.2, 0.25) is 0 Å². The third kappa shape index (κ3) is 5.50. The molecular weight excluding hydrogens is 380 g/mol. The molecule has 0 radical (unpaired) electrons. The zero-order valence-corrected chi connectivity index (χ0v) is 18.3. The van der Waals surface area contributed by atoms with Gasteiger partial charge in [0.25, 0.3) is 0 Å². The van der Waals surface area contributed by atoms with Crippen LogP contribution in [0.15, 0.2) is 48.5 Å². The Labute approximate surface area is 179 Å². The van der Waals surface area contributed by atoms with Gasteiger partial charge in [0.1, 0.15) is 6.61 Å². The zero-order chi connectivity index (χ0) is 21.0. The molecule has 3 rings (SSSR count). The van der Waals surface area contributed by atoms with Crippen molar-refractivity contribution in [1.29, 1.82) is 0 Å². The molecule has 0 spiro atoms. The summed E-state index contributed by atoms with van der Waals surface area (Å²) in [7, 11) is 0. The van der Waals surface area contributed by atoms with Gasteiger partial charge in [-0.2, -0.15) is 0 Å². The Bertz CT molecular complexity index is 853. The number of piperazine rings is 1. The molecule has 0 bridgehead atoms. The maximum atomic E-state index is 11.6. The van der Waals surface area contributed by atoms with Crippen molar-refractivity contribution in [3.05, 3.63) is 70.8 Å². The van der Waals surface area contributed by atoms with E-state index in [1.165, 1.54) is 16.7 Å². The summed E-state index contributed by atoms with van der Waals surface area (Å²) in [5.41, 5.74) is 4.27. The molecule has 0 aliphatic carbocycles. The third-order valence-electron chi connectivity index (χ3n) is 5.68. The molecule has 1 saturated heterocycles. The second kappa shape index (κ2) is 9.61. The Morgan fingerprint density at radius 1 is 1.07 bits per heavy atom. The molecule has 0 amide bonds. The lowest BCUT2D eigenvalue weighted by atomic mass is 10.0. The zero-order valence-electron chi connectivity index (χ0n) is 17.5. The quantitative estimate of drug-likeness (QED) is 0.582. The molecule has 1 fully saturated rings. The molecule has 2 aromatic carbocycles. The Balaban J connectivity index is 1.60. The molecule has 2 atom stereocenters. The van der Waals surface area contributed by atoms with Gasteiger partial charge >= 0.3 is 0 Å². The van der Waals surface area contributed by atoms with Gasteiger partial charge in [-0.05, 0) is 31.9 Å². The van der Waals surface area contributed by atoms with Gasteiger partial charge in [0.05, 0.1) is 4.99 Å². The van der Waals surface area contributed by atoms with Crippen molar-refractivity contribution >= 4 is 23.0 Å². The summed E-state index contributed by atoms with van der Waals surface area (Å²) in [6.45, 7) is 8.86. The first-order valence-electron chi connectivity index (χ1n) is 10.2. The van der Waals surface area contributed by atoms with Crippen molar-refractivity contribution in [2.24, 2.45) is 0 Å². The summed E-state index contributed by atoms with van der Waals surface area (Å²) in [4.78, 5) is 17.5. The standard InChI is InChI=1S/C24H30N2O2S/c1-17-5-4-6-21(11-17)12-24(29)25-13-18(2)26(19(3)14-25)15-20-7-9-22(10-8-20)23(28)16-27/h4-11,18-19,27H,12-16H2,1-3H3/t18-,19+. The Kier molecular flexibility index (Phi) is 7.17. The van der Waals surface area contributed by atoms with E-state index in [0.29, 0.717) is 17.6 Å². The van der Waals surface area contributed by atoms with Crippen LogP contribution in [0.25, 0.3) is 0 Å². The molecule has 4 nitrogen and oxygen atoms in total. The maximum absolute atomic E-state index is 11.6. The highest BCUT2D eigenvalue weighted by atomic mass is 32.1. The van der Waals surface area contributed by atoms with Crippen LogP contribution in [-0.4, -0.2) is 57.5 Å². The number of aliphatic hydroxyl groups is 1. The molecule has 0 unspecified atom stereocenters. The Morgan fingerprint density at radius 3 is 2.31 bits per heavy atom. The second-order valence-electron chi connectivity index (χ2n) is 8.11. The van der Waals surface area contributed by atoms with E-state index in [0.717, 1.165) is 31.0 Å². The molecule has 2 aromatic rings. The number of nitrogens with zero attached hydrogens (tertiary/aromatic N) is 2. The fraction of sp³-hybridized carbons (Fsp3) is 0.417. The minimum Gasteiger partial charge on any atom is -0.388 e. The molecule has 154 valence electrons. The average Bonchev–Trinajstić information content (AvgIpc) is 2.70. The number of Topliss-reactive ketones (excluding diaryl/α,β-unsaturated/α-hetero) is 1. The maximum Gasteiger partial charge on any atom is 0.188 e. The van der Waals surface area contributed by atoms with Crippen LogP contribution in [0.4, 0.5) is 0 Å². The van der Waals surface area contributed by atoms with Crippen molar-refractivity contribution in [2.45, 2.75) is 45.8 Å². The summed E-state index contributed by atoms with van der Waals surface area (Å²) in [6.07, 6.45) is 0.816. The lowest BCUT2D eigenvalue weighted by molar-refractivity contribution is 0.0650. The highest BCUT2D eigenvalue weighted by molar-refractivity contribution is 7.80. The molecule has 1 aliphatic rings. The van der Waals surface area contributed by atoms with Crippen molar-refractivity contribution in [2.75, 3.05) is 19.7 Å². The Hall–Kier alpha value is -2.08. The predicted octanol–water partition coefficient (Wildman–Crippen LogP) is 3.63. The largest absolute Gasteiger partial charge is 0.388 e. The summed E-state index contributed by atoms with van der Waals surface area (Å²) < 4.78 is 0. The van der Waals surface area contributed by atoms with Crippen LogP contribution in [-0.2, 0) is 13.0 Å². The van der Waals surface area contributed by atoms with E-state index in [9.17, 15) is 4.79 Å². The van der Waals surface area contributed by atoms with Crippen LogP contribution in [0.2, 0.25) is 0 Å². The average molecular weight is 411 g/mol. The van der Waals surface area contributed by atoms with Crippen molar-refractivity contribution in [1.82, 2.24) is 9.80 Å². The van der Waals surface area contributed by atoms with E-state index in [2.05, 4.69) is 54.8 Å². The first-order valence-corrected chi connectivity index (χ1v) is 10.6. The highest BCUT2D eigenvalue weighted by Gasteiger charge is 2.30. The number of aryl methyl sites for hydroxylation is 1. The monoisotopic (exact) mass is 410 g/mol. The number of benzene rings is 2. The number of thiocarbonyl (C=S) groups is 1. The van der Waals surface area contributed by atoms with Crippen LogP contribution in [0.5, 0.6) is 0 Å². The number of aliphatic hydroxyl groups excluding tert-OH is 1. The van der Waals surface area contributed by atoms with Gasteiger partial charge in [0, 0.05) is 43.7 Å². The minimum absolute atomic E-state index is 0.242. The van der Waals surface area contributed by atoms with Crippen LogP contribution < -0.4 is 0 Å². The summed E-state index contributed by atoms with van der Waals surface area (Å²) in [6, 6.07) is 16.9. The normalized spacial score (nSPS) is 19.9. The summed E-state index contributed by atoms with van der Waals surface area (Å²) in [5, 5.41) is 8.99. The topological polar surface area (TPSA) is 43.8 Å². The Morgan fingerprint density at radius 2 is 1.72 bits per heavy atom. The van der Waals surface area contributed by atoms with Crippen LogP contribution in [0.3, 0.4) is 0 Å². The molecular formula is C24H30N2O2S. The predicted molar refractivity (Wildman–Crippen MR) is 121 cm³/mol. The first-order chi connectivity index (χ1) is 13.9. The molecule has 1 N–H and O–H groups in total. The number of carbonyl (C=O) groups excluding carboxylic acids is 1. The lowest BCUT2D eigenvalue weighted by Gasteiger charge is -2.45. The van der Waals surface area contributed by atoms with Crippen LogP contribution in [0.1, 0.15) is 40.9 Å². The molecule has 29 heavy (non-hydrogen) atoms. The fourth-order valence-electron chi connectivity index (χ4n) is 4.08. The fourth-order valence-corrected chi connectivity index (χ4v) is 4.39. The van der Waals surface area contributed by atoms with Crippen LogP contribution >= 0.6 is 12.2 Å². The minimum atomic E-state index is -0.447. The third-order valence-corrected chi connectivity index (χ3v) is 6.08. The van der Waals surface area contributed by atoms with Gasteiger partial charge in [-0.15, -0.1) is 0 Å². The second-order valence-corrected chi connectivity index (χ2v) is 8.58. The molecule has 0 aromatic heterocycles. The van der Waals surface area contributed by atoms with E-state index in [1.807, 2.05) is 12.1 Å². The van der Waals surface area contributed by atoms with Crippen molar-refractivity contribution in [3.63, 3.8) is 0 Å².